The normalized spacial score (nSPS) is 47.4. The van der Waals surface area contributed by atoms with Crippen molar-refractivity contribution in [2.45, 2.75) is 67.7 Å². The Kier molecular flexibility index (Phi) is 3.81. The highest BCUT2D eigenvalue weighted by Crippen LogP contribution is 2.57. The van der Waals surface area contributed by atoms with E-state index >= 15 is 0 Å². The van der Waals surface area contributed by atoms with E-state index in [4.69, 9.17) is 0 Å². The quantitative estimate of drug-likeness (QED) is 0.803. The molecule has 4 saturated heterocycles. The second-order valence-electron chi connectivity index (χ2n) is 7.34. The first kappa shape index (κ1) is 14.2. The predicted molar refractivity (Wildman–Crippen MR) is 88.3 cm³/mol. The van der Waals surface area contributed by atoms with Gasteiger partial charge in [0.1, 0.15) is 0 Å². The van der Waals surface area contributed by atoms with E-state index < -0.39 is 0 Å². The van der Waals surface area contributed by atoms with Gasteiger partial charge in [-0.1, -0.05) is 6.92 Å². The molecule has 1 spiro atoms. The van der Waals surface area contributed by atoms with Gasteiger partial charge in [-0.15, -0.1) is 23.5 Å². The fourth-order valence-corrected chi connectivity index (χ4v) is 8.89. The Hall–Kier alpha value is 0.620. The van der Waals surface area contributed by atoms with Gasteiger partial charge in [-0.05, 0) is 61.9 Å². The summed E-state index contributed by atoms with van der Waals surface area (Å²) in [6, 6.07) is 2.30. The molecule has 1 N–H and O–H groups in total. The van der Waals surface area contributed by atoms with E-state index in [9.17, 15) is 5.11 Å². The second kappa shape index (κ2) is 5.36. The van der Waals surface area contributed by atoms with E-state index in [2.05, 4.69) is 35.3 Å². The molecular weight excluding hydrogens is 286 g/mol. The van der Waals surface area contributed by atoms with Crippen LogP contribution in [0.2, 0.25) is 0 Å². The van der Waals surface area contributed by atoms with Crippen molar-refractivity contribution in [3.8, 4) is 0 Å². The lowest BCUT2D eigenvalue weighted by Gasteiger charge is -2.56. The van der Waals surface area contributed by atoms with E-state index in [1.807, 2.05) is 0 Å². The highest BCUT2D eigenvalue weighted by molar-refractivity contribution is 8.18. The average Bonchev–Trinajstić information content (AvgIpc) is 2.88. The van der Waals surface area contributed by atoms with Crippen molar-refractivity contribution in [2.24, 2.45) is 11.8 Å². The van der Waals surface area contributed by atoms with E-state index in [0.29, 0.717) is 22.6 Å². The van der Waals surface area contributed by atoms with E-state index in [1.165, 1.54) is 50.0 Å². The number of thioether (sulfide) groups is 2. The molecule has 4 heterocycles. The molecule has 0 unspecified atom stereocenters. The molecule has 0 aromatic heterocycles. The van der Waals surface area contributed by atoms with Crippen molar-refractivity contribution in [3.05, 3.63) is 0 Å². The summed E-state index contributed by atoms with van der Waals surface area (Å²) in [5, 5.41) is 9.89. The van der Waals surface area contributed by atoms with Gasteiger partial charge in [0.25, 0.3) is 0 Å². The monoisotopic (exact) mass is 313 g/mol. The molecule has 4 fully saturated rings. The second-order valence-corrected chi connectivity index (χ2v) is 10.6. The number of rotatable bonds is 1. The minimum atomic E-state index is 0.399. The van der Waals surface area contributed by atoms with Crippen LogP contribution in [0.25, 0.3) is 0 Å². The summed E-state index contributed by atoms with van der Waals surface area (Å²) in [5.41, 5.74) is 0. The third kappa shape index (κ3) is 2.17. The van der Waals surface area contributed by atoms with Crippen LogP contribution in [0, 0.1) is 11.8 Å². The third-order valence-corrected chi connectivity index (χ3v) is 9.59. The lowest BCUT2D eigenvalue weighted by molar-refractivity contribution is -0.0380. The molecule has 0 radical (unpaired) electrons. The maximum atomic E-state index is 9.89. The van der Waals surface area contributed by atoms with Gasteiger partial charge in [0.2, 0.25) is 0 Å². The van der Waals surface area contributed by atoms with Gasteiger partial charge < -0.3 is 5.11 Å². The van der Waals surface area contributed by atoms with Gasteiger partial charge in [0, 0.05) is 24.7 Å². The fourth-order valence-electron chi connectivity index (χ4n) is 5.35. The molecule has 0 aromatic carbocycles. The largest absolute Gasteiger partial charge is 0.396 e. The summed E-state index contributed by atoms with van der Waals surface area (Å²) in [6.45, 7) is 2.82. The topological polar surface area (TPSA) is 23.5 Å². The summed E-state index contributed by atoms with van der Waals surface area (Å²) in [5.74, 6) is 4.03. The minimum absolute atomic E-state index is 0.399. The van der Waals surface area contributed by atoms with Crippen LogP contribution in [0.1, 0.15) is 45.4 Å². The Labute approximate surface area is 131 Å². The highest BCUT2D eigenvalue weighted by Gasteiger charge is 2.55. The molecule has 0 aromatic rings. The SMILES string of the molecule is C[C@H]1C[C@H](CO)[C@H]2CC3(C[C@H]4CC[C@H]1N42)SCCCS3. The maximum Gasteiger partial charge on any atom is 0.0640 e. The first-order chi connectivity index (χ1) is 9.72. The molecule has 114 valence electrons. The zero-order chi connectivity index (χ0) is 13.7. The van der Waals surface area contributed by atoms with Crippen molar-refractivity contribution in [3.63, 3.8) is 0 Å². The number of hydrogen-bond acceptors (Lipinski definition) is 4. The van der Waals surface area contributed by atoms with E-state index in [0.717, 1.165) is 18.0 Å². The number of nitrogens with zero attached hydrogens (tertiary/aromatic N) is 1. The van der Waals surface area contributed by atoms with Crippen LogP contribution >= 0.6 is 23.5 Å². The molecule has 5 atom stereocenters. The van der Waals surface area contributed by atoms with Crippen LogP contribution in [0.4, 0.5) is 0 Å². The van der Waals surface area contributed by atoms with Crippen LogP contribution in [0.3, 0.4) is 0 Å². The van der Waals surface area contributed by atoms with Crippen molar-refractivity contribution in [2.75, 3.05) is 18.1 Å². The molecular formula is C16H27NOS2. The van der Waals surface area contributed by atoms with Crippen LogP contribution in [0.5, 0.6) is 0 Å². The Bertz CT molecular complexity index is 371. The Morgan fingerprint density at radius 3 is 2.70 bits per heavy atom. The molecule has 0 aliphatic carbocycles. The lowest BCUT2D eigenvalue weighted by atomic mass is 9.76. The molecule has 0 amide bonds. The molecule has 4 aliphatic rings. The number of aliphatic hydroxyl groups excluding tert-OH is 1. The minimum Gasteiger partial charge on any atom is -0.396 e. The Morgan fingerprint density at radius 2 is 1.95 bits per heavy atom. The first-order valence-electron chi connectivity index (χ1n) is 8.39. The summed E-state index contributed by atoms with van der Waals surface area (Å²) < 4.78 is 0.493. The number of aliphatic hydroxyl groups is 1. The molecule has 4 heteroatoms. The van der Waals surface area contributed by atoms with Crippen LogP contribution in [-0.2, 0) is 0 Å². The van der Waals surface area contributed by atoms with Crippen LogP contribution < -0.4 is 0 Å². The molecule has 0 saturated carbocycles. The van der Waals surface area contributed by atoms with Gasteiger partial charge >= 0.3 is 0 Å². The zero-order valence-electron chi connectivity index (χ0n) is 12.5. The Morgan fingerprint density at radius 1 is 1.15 bits per heavy atom. The van der Waals surface area contributed by atoms with Gasteiger partial charge in [0.15, 0.2) is 0 Å². The Balaban J connectivity index is 1.62. The molecule has 4 aliphatic heterocycles. The summed E-state index contributed by atoms with van der Waals surface area (Å²) >= 11 is 4.50. The van der Waals surface area contributed by atoms with Crippen LogP contribution in [-0.4, -0.2) is 50.3 Å². The van der Waals surface area contributed by atoms with Crippen molar-refractivity contribution in [1.82, 2.24) is 4.90 Å². The van der Waals surface area contributed by atoms with Crippen molar-refractivity contribution < 1.29 is 5.11 Å². The lowest BCUT2D eigenvalue weighted by Crippen LogP contribution is -2.61. The van der Waals surface area contributed by atoms with Gasteiger partial charge in [-0.2, -0.15) is 0 Å². The molecule has 4 rings (SSSR count). The molecule has 0 bridgehead atoms. The zero-order valence-corrected chi connectivity index (χ0v) is 14.1. The van der Waals surface area contributed by atoms with E-state index in [1.54, 1.807) is 0 Å². The standard InChI is InChI=1S/C16H27NOS2/c1-11-7-12(10-18)15-9-16(19-5-2-6-20-16)8-13-3-4-14(11)17(13)15/h11-15,18H,2-10H2,1H3/t11-,12+,13+,14+,15+/m0/s1. The smallest absolute Gasteiger partial charge is 0.0640 e. The average molecular weight is 314 g/mol. The first-order valence-corrected chi connectivity index (χ1v) is 10.4. The third-order valence-electron chi connectivity index (χ3n) is 6.18. The maximum absolute atomic E-state index is 9.89. The number of piperidine rings is 2. The van der Waals surface area contributed by atoms with Crippen LogP contribution in [0.15, 0.2) is 0 Å². The summed E-state index contributed by atoms with van der Waals surface area (Å²) in [7, 11) is 0. The summed E-state index contributed by atoms with van der Waals surface area (Å²) in [4.78, 5) is 2.87. The fraction of sp³-hybridized carbons (Fsp3) is 1.00. The van der Waals surface area contributed by atoms with E-state index in [-0.39, 0.29) is 0 Å². The van der Waals surface area contributed by atoms with Crippen molar-refractivity contribution in [1.29, 1.82) is 0 Å². The van der Waals surface area contributed by atoms with Gasteiger partial charge in [-0.25, -0.2) is 0 Å². The predicted octanol–water partition coefficient (Wildman–Crippen LogP) is 3.20. The summed E-state index contributed by atoms with van der Waals surface area (Å²) in [6.07, 6.45) is 8.19. The van der Waals surface area contributed by atoms with Gasteiger partial charge in [-0.3, -0.25) is 4.90 Å². The van der Waals surface area contributed by atoms with Crippen molar-refractivity contribution >= 4 is 23.5 Å². The van der Waals surface area contributed by atoms with Gasteiger partial charge in [0.05, 0.1) is 4.08 Å². The highest BCUT2D eigenvalue weighted by atomic mass is 32.2. The molecule has 2 nitrogen and oxygen atoms in total. The number of hydrogen-bond donors (Lipinski definition) is 1. The molecule has 20 heavy (non-hydrogen) atoms.